The fourth-order valence-corrected chi connectivity index (χ4v) is 11.0. The summed E-state index contributed by atoms with van der Waals surface area (Å²) in [5.74, 6) is 0. The van der Waals surface area contributed by atoms with Crippen molar-refractivity contribution in [2.75, 3.05) is 0 Å². The number of fused-ring (bicyclic) bond motifs is 19. The van der Waals surface area contributed by atoms with Crippen LogP contribution in [0.1, 0.15) is 25.0 Å². The maximum Gasteiger partial charge on any atom is 0.136 e. The minimum Gasteiger partial charge on any atom is -0.456 e. The molecule has 0 unspecified atom stereocenters. The number of hydrogen-bond acceptors (Lipinski definition) is 2. The molecule has 0 bridgehead atoms. The third-order valence-electron chi connectivity index (χ3n) is 14.0. The second-order valence-electron chi connectivity index (χ2n) is 17.6. The summed E-state index contributed by atoms with van der Waals surface area (Å²) in [5.41, 5.74) is 13.8. The van der Waals surface area contributed by atoms with E-state index in [1.807, 2.05) is 0 Å². The van der Waals surface area contributed by atoms with Crippen molar-refractivity contribution in [3.8, 4) is 33.4 Å². The molecule has 2 heteroatoms. The van der Waals surface area contributed by atoms with Gasteiger partial charge in [-0.3, -0.25) is 0 Å². The fraction of sp³-hybridized carbons (Fsp3) is 0.0508. The first kappa shape index (κ1) is 33.2. The van der Waals surface area contributed by atoms with Gasteiger partial charge in [0, 0.05) is 32.3 Å². The summed E-state index contributed by atoms with van der Waals surface area (Å²) in [6.07, 6.45) is 0. The molecule has 0 aliphatic heterocycles. The minimum atomic E-state index is -0.0638. The maximum atomic E-state index is 6.58. The van der Waals surface area contributed by atoms with E-state index in [-0.39, 0.29) is 5.41 Å². The summed E-state index contributed by atoms with van der Waals surface area (Å²) in [5, 5.41) is 17.0. The largest absolute Gasteiger partial charge is 0.456 e. The highest BCUT2D eigenvalue weighted by Gasteiger charge is 2.36. The topological polar surface area (TPSA) is 26.3 Å². The lowest BCUT2D eigenvalue weighted by Crippen LogP contribution is -2.14. The predicted octanol–water partition coefficient (Wildman–Crippen LogP) is 16.9. The van der Waals surface area contributed by atoms with Crippen molar-refractivity contribution in [1.29, 1.82) is 0 Å². The monoisotopic (exact) mass is 776 g/mol. The Balaban J connectivity index is 0.938. The van der Waals surface area contributed by atoms with Gasteiger partial charge in [0.25, 0.3) is 0 Å². The lowest BCUT2D eigenvalue weighted by molar-refractivity contribution is 0.661. The summed E-state index contributed by atoms with van der Waals surface area (Å²) in [6.45, 7) is 4.71. The quantitative estimate of drug-likeness (QED) is 0.163. The first-order valence-corrected chi connectivity index (χ1v) is 21.2. The van der Waals surface area contributed by atoms with E-state index in [0.29, 0.717) is 0 Å². The molecule has 2 aromatic heterocycles. The van der Waals surface area contributed by atoms with Gasteiger partial charge in [0.05, 0.1) is 0 Å². The molecule has 284 valence electrons. The molecule has 14 rings (SSSR count). The molecule has 0 radical (unpaired) electrons. The Bertz CT molecular complexity index is 4080. The van der Waals surface area contributed by atoms with Gasteiger partial charge in [0.15, 0.2) is 0 Å². The molecule has 1 aliphatic carbocycles. The van der Waals surface area contributed by atoms with Gasteiger partial charge in [-0.15, -0.1) is 0 Å². The Morgan fingerprint density at radius 1 is 0.311 bits per heavy atom. The molecule has 13 aromatic rings. The van der Waals surface area contributed by atoms with Crippen molar-refractivity contribution in [2.24, 2.45) is 0 Å². The summed E-state index contributed by atoms with van der Waals surface area (Å²) < 4.78 is 13.1. The lowest BCUT2D eigenvalue weighted by Gasteiger charge is -2.21. The zero-order chi connectivity index (χ0) is 40.1. The number of benzene rings is 11. The van der Waals surface area contributed by atoms with Gasteiger partial charge in [-0.2, -0.15) is 0 Å². The summed E-state index contributed by atoms with van der Waals surface area (Å²) in [6, 6.07) is 67.0. The molecule has 0 atom stereocenters. The molecule has 0 fully saturated rings. The molecule has 1 aliphatic rings. The van der Waals surface area contributed by atoms with Gasteiger partial charge in [-0.25, -0.2) is 0 Å². The van der Waals surface area contributed by atoms with Crippen molar-refractivity contribution in [3.63, 3.8) is 0 Å². The highest BCUT2D eigenvalue weighted by atomic mass is 16.3. The van der Waals surface area contributed by atoms with E-state index < -0.39 is 0 Å². The molecule has 11 aromatic carbocycles. The molecular weight excluding hydrogens is 741 g/mol. The van der Waals surface area contributed by atoms with Crippen LogP contribution >= 0.6 is 0 Å². The normalized spacial score (nSPS) is 13.5. The van der Waals surface area contributed by atoms with E-state index in [1.165, 1.54) is 98.2 Å². The smallest absolute Gasteiger partial charge is 0.136 e. The van der Waals surface area contributed by atoms with Crippen molar-refractivity contribution < 1.29 is 8.83 Å². The standard InChI is InChI=1S/C59H36O2/c1-59(2)50-22-17-37(30-48(50)56-40-12-6-5-9-33(40)16-23-51(56)59)39-19-25-53-47(29-39)46-28-38(18-24-52(46)60-53)36-15-20-44-45(27-36)42-14-8-7-13-41(42)43-21-26-54-58(57(43)44)49-31-34-10-3-4-11-35(34)32-55(49)61-54/h3-32H,1-2H3. The van der Waals surface area contributed by atoms with Gasteiger partial charge in [0.1, 0.15) is 22.3 Å². The fourth-order valence-electron chi connectivity index (χ4n) is 11.0. The van der Waals surface area contributed by atoms with Crippen molar-refractivity contribution in [1.82, 2.24) is 0 Å². The number of rotatable bonds is 2. The predicted molar refractivity (Wildman–Crippen MR) is 257 cm³/mol. The SMILES string of the molecule is CC1(C)c2ccc(-c3ccc4oc5ccc(-c6ccc7c(c6)c6ccccc6c6ccc8oc9cc%10ccccc%10cc9c8c67)cc5c4c3)cc2-c2c1ccc1ccccc21. The van der Waals surface area contributed by atoms with Crippen molar-refractivity contribution >= 4 is 97.7 Å². The molecule has 0 saturated carbocycles. The van der Waals surface area contributed by atoms with Crippen LogP contribution in [0.25, 0.3) is 131 Å². The van der Waals surface area contributed by atoms with E-state index in [2.05, 4.69) is 196 Å². The zero-order valence-electron chi connectivity index (χ0n) is 33.6. The number of hydrogen-bond donors (Lipinski definition) is 0. The maximum absolute atomic E-state index is 6.58. The van der Waals surface area contributed by atoms with Gasteiger partial charge in [-0.05, 0) is 154 Å². The Hall–Kier alpha value is -7.68. The first-order valence-electron chi connectivity index (χ1n) is 21.2. The van der Waals surface area contributed by atoms with Crippen LogP contribution in [0.2, 0.25) is 0 Å². The van der Waals surface area contributed by atoms with Gasteiger partial charge in [-0.1, -0.05) is 135 Å². The van der Waals surface area contributed by atoms with Crippen LogP contribution in [-0.4, -0.2) is 0 Å². The molecular formula is C59H36O2. The van der Waals surface area contributed by atoms with Crippen LogP contribution in [0.3, 0.4) is 0 Å². The first-order chi connectivity index (χ1) is 30.0. The Morgan fingerprint density at radius 3 is 1.59 bits per heavy atom. The number of furan rings is 2. The Kier molecular flexibility index (Phi) is 6.39. The van der Waals surface area contributed by atoms with Gasteiger partial charge < -0.3 is 8.83 Å². The van der Waals surface area contributed by atoms with Crippen molar-refractivity contribution in [3.05, 3.63) is 193 Å². The van der Waals surface area contributed by atoms with Crippen LogP contribution in [0.5, 0.6) is 0 Å². The van der Waals surface area contributed by atoms with Crippen LogP contribution in [0, 0.1) is 0 Å². The average Bonchev–Trinajstić information content (AvgIpc) is 3.94. The molecule has 0 N–H and O–H groups in total. The Labute approximate surface area is 350 Å². The molecule has 0 amide bonds. The molecule has 0 saturated heterocycles. The second kappa shape index (κ2) is 11.7. The highest BCUT2D eigenvalue weighted by Crippen LogP contribution is 2.52. The zero-order valence-corrected chi connectivity index (χ0v) is 33.6. The third kappa shape index (κ3) is 4.51. The second-order valence-corrected chi connectivity index (χ2v) is 17.6. The summed E-state index contributed by atoms with van der Waals surface area (Å²) >= 11 is 0. The molecule has 0 spiro atoms. The summed E-state index contributed by atoms with van der Waals surface area (Å²) in [4.78, 5) is 0. The lowest BCUT2D eigenvalue weighted by atomic mass is 9.82. The van der Waals surface area contributed by atoms with E-state index in [4.69, 9.17) is 8.83 Å². The minimum absolute atomic E-state index is 0.0638. The molecule has 2 heterocycles. The highest BCUT2D eigenvalue weighted by molar-refractivity contribution is 6.35. The van der Waals surface area contributed by atoms with Crippen LogP contribution in [0.15, 0.2) is 191 Å². The Morgan fingerprint density at radius 2 is 0.836 bits per heavy atom. The summed E-state index contributed by atoms with van der Waals surface area (Å²) in [7, 11) is 0. The van der Waals surface area contributed by atoms with Gasteiger partial charge in [0.2, 0.25) is 0 Å². The van der Waals surface area contributed by atoms with E-state index in [1.54, 1.807) is 0 Å². The van der Waals surface area contributed by atoms with Crippen LogP contribution in [-0.2, 0) is 5.41 Å². The molecule has 2 nitrogen and oxygen atoms in total. The average molecular weight is 777 g/mol. The van der Waals surface area contributed by atoms with Gasteiger partial charge >= 0.3 is 0 Å². The van der Waals surface area contributed by atoms with E-state index >= 15 is 0 Å². The molecule has 61 heavy (non-hydrogen) atoms. The van der Waals surface area contributed by atoms with Crippen LogP contribution < -0.4 is 0 Å². The van der Waals surface area contributed by atoms with Crippen LogP contribution in [0.4, 0.5) is 0 Å². The third-order valence-corrected chi connectivity index (χ3v) is 14.0. The van der Waals surface area contributed by atoms with Crippen molar-refractivity contribution in [2.45, 2.75) is 19.3 Å². The van der Waals surface area contributed by atoms with E-state index in [9.17, 15) is 0 Å². The van der Waals surface area contributed by atoms with E-state index in [0.717, 1.165) is 44.1 Å².